The Kier molecular flexibility index (Phi) is 4.92. The number of hydrogen-bond donors (Lipinski definition) is 4. The molecule has 32 heavy (non-hydrogen) atoms. The molecule has 7 nitrogen and oxygen atoms in total. The minimum atomic E-state index is -2.31. The molecular weight excluding hydrogens is 412 g/mol. The fourth-order valence-corrected chi connectivity index (χ4v) is 8.52. The first-order valence-electron chi connectivity index (χ1n) is 12.2. The summed E-state index contributed by atoms with van der Waals surface area (Å²) in [5, 5.41) is 46.8. The Morgan fingerprint density at radius 3 is 2.50 bits per heavy atom. The molecule has 0 radical (unpaired) electrons. The average Bonchev–Trinajstić information content (AvgIpc) is 2.81. The molecule has 6 rings (SSSR count). The summed E-state index contributed by atoms with van der Waals surface area (Å²) in [6.07, 6.45) is -1.54. The summed E-state index contributed by atoms with van der Waals surface area (Å²) in [7, 11) is 0. The third-order valence-corrected chi connectivity index (χ3v) is 9.87. The maximum atomic E-state index is 13.7. The van der Waals surface area contributed by atoms with Crippen LogP contribution in [0.4, 0.5) is 0 Å². The summed E-state index contributed by atoms with van der Waals surface area (Å²) in [5.41, 5.74) is -3.01. The smallest absolute Gasteiger partial charge is 0.211 e. The van der Waals surface area contributed by atoms with Gasteiger partial charge in [0.1, 0.15) is 11.5 Å². The van der Waals surface area contributed by atoms with E-state index in [1.54, 1.807) is 0 Å². The van der Waals surface area contributed by atoms with E-state index in [1.807, 2.05) is 13.8 Å². The van der Waals surface area contributed by atoms with Crippen molar-refractivity contribution >= 4 is 5.78 Å². The van der Waals surface area contributed by atoms with E-state index in [1.165, 1.54) is 0 Å². The van der Waals surface area contributed by atoms with Crippen LogP contribution >= 0.6 is 0 Å². The Morgan fingerprint density at radius 1 is 1.16 bits per heavy atom. The predicted octanol–water partition coefficient (Wildman–Crippen LogP) is 1.76. The Bertz CT molecular complexity index is 838. The largest absolute Gasteiger partial charge is 0.392 e. The minimum Gasteiger partial charge on any atom is -0.392 e. The zero-order valence-corrected chi connectivity index (χ0v) is 19.6. The monoisotopic (exact) mass is 450 g/mol. The van der Waals surface area contributed by atoms with Crippen LogP contribution in [-0.4, -0.2) is 63.2 Å². The fourth-order valence-electron chi connectivity index (χ4n) is 8.52. The number of carbonyl (C=O) groups excluding carboxylic acids is 1. The highest BCUT2D eigenvalue weighted by molar-refractivity contribution is 6.05. The molecule has 2 spiro atoms. The number of ether oxygens (including phenoxy) is 2. The average molecular weight is 451 g/mol. The number of ketones is 1. The van der Waals surface area contributed by atoms with Crippen LogP contribution in [0, 0.1) is 39.9 Å². The van der Waals surface area contributed by atoms with E-state index in [0.717, 1.165) is 6.42 Å². The molecule has 2 saturated heterocycles. The van der Waals surface area contributed by atoms with Crippen molar-refractivity contribution in [2.24, 2.45) is 39.9 Å². The quantitative estimate of drug-likeness (QED) is 0.482. The number of hydrogen-bond acceptors (Lipinski definition) is 7. The Labute approximate surface area is 189 Å². The number of rotatable bonds is 4. The molecule has 6 aliphatic rings. The van der Waals surface area contributed by atoms with Gasteiger partial charge >= 0.3 is 0 Å². The molecule has 180 valence electrons. The van der Waals surface area contributed by atoms with Gasteiger partial charge in [-0.25, -0.2) is 0 Å². The number of aliphatic hydroxyl groups is 4. The second-order valence-corrected chi connectivity index (χ2v) is 12.1. The van der Waals surface area contributed by atoms with Crippen LogP contribution in [0.15, 0.2) is 12.2 Å². The molecule has 10 atom stereocenters. The molecule has 6 fully saturated rings. The molecule has 0 aromatic rings. The first-order valence-corrected chi connectivity index (χ1v) is 12.2. The summed E-state index contributed by atoms with van der Waals surface area (Å²) in [6, 6.07) is 0. The van der Waals surface area contributed by atoms with Gasteiger partial charge in [0.15, 0.2) is 12.1 Å². The zero-order chi connectivity index (χ0) is 23.4. The van der Waals surface area contributed by atoms with Crippen molar-refractivity contribution < 1.29 is 34.7 Å². The standard InChI is InChI=1S/C25H38O7/c1-12(2)9-11-31-21-23-15-7-6-14-13(3)18(27)24(15,19(14)28)25(30,32-21)20(29)17(23)22(4,5)10-8-16(23)26/h12,14-17,19-21,26,28-30H,3,6-11H2,1-2,4-5H3/t14-,15-,16-,17+,19+,20-,21+,23-,24-,25+/m1/s1. The topological polar surface area (TPSA) is 116 Å². The lowest BCUT2D eigenvalue weighted by atomic mass is 9.35. The van der Waals surface area contributed by atoms with Gasteiger partial charge in [0, 0.05) is 11.8 Å². The number of Topliss-reactive ketones (excluding diaryl/α,β-unsaturated/α-hetero) is 1. The van der Waals surface area contributed by atoms with Crippen molar-refractivity contribution in [3.8, 4) is 0 Å². The summed E-state index contributed by atoms with van der Waals surface area (Å²) in [4.78, 5) is 13.7. The van der Waals surface area contributed by atoms with Gasteiger partial charge in [-0.3, -0.25) is 4.79 Å². The normalized spacial score (nSPS) is 53.5. The molecule has 2 aliphatic heterocycles. The van der Waals surface area contributed by atoms with Crippen molar-refractivity contribution in [3.05, 3.63) is 12.2 Å². The predicted molar refractivity (Wildman–Crippen MR) is 115 cm³/mol. The van der Waals surface area contributed by atoms with Gasteiger partial charge < -0.3 is 29.9 Å². The third-order valence-electron chi connectivity index (χ3n) is 9.87. The van der Waals surface area contributed by atoms with Crippen molar-refractivity contribution in [3.63, 3.8) is 0 Å². The van der Waals surface area contributed by atoms with Crippen molar-refractivity contribution in [1.82, 2.24) is 0 Å². The Balaban J connectivity index is 1.73. The second kappa shape index (κ2) is 6.86. The Hall–Kier alpha value is -0.830. The Morgan fingerprint density at radius 2 is 1.84 bits per heavy atom. The van der Waals surface area contributed by atoms with Gasteiger partial charge in [-0.1, -0.05) is 34.3 Å². The van der Waals surface area contributed by atoms with Crippen LogP contribution in [0.1, 0.15) is 59.8 Å². The van der Waals surface area contributed by atoms with Crippen molar-refractivity contribution in [1.29, 1.82) is 0 Å². The van der Waals surface area contributed by atoms with Crippen LogP contribution in [0.25, 0.3) is 0 Å². The van der Waals surface area contributed by atoms with E-state index >= 15 is 0 Å². The van der Waals surface area contributed by atoms with Gasteiger partial charge in [-0.05, 0) is 54.9 Å². The summed E-state index contributed by atoms with van der Waals surface area (Å²) < 4.78 is 12.4. The van der Waals surface area contributed by atoms with Gasteiger partial charge in [-0.2, -0.15) is 0 Å². The molecule has 0 amide bonds. The molecule has 4 saturated carbocycles. The van der Waals surface area contributed by atoms with Crippen LogP contribution in [-0.2, 0) is 14.3 Å². The molecule has 0 aromatic carbocycles. The van der Waals surface area contributed by atoms with Gasteiger partial charge in [0.2, 0.25) is 5.79 Å². The molecule has 4 bridgehead atoms. The SMILES string of the molecule is C=C1C(=O)[C@]23[C@H](CC[C@H]1[C@@H]2O)[C@]12[C@@H](OCCC(C)C)O[C@@]3(O)[C@H](O)[C@H]1C(C)(C)CC[C@H]2O. The first-order chi connectivity index (χ1) is 14.9. The van der Waals surface area contributed by atoms with E-state index < -0.39 is 70.2 Å². The van der Waals surface area contributed by atoms with E-state index in [2.05, 4.69) is 20.4 Å². The van der Waals surface area contributed by atoms with Crippen LogP contribution < -0.4 is 0 Å². The number of aliphatic hydroxyl groups excluding tert-OH is 3. The summed E-state index contributed by atoms with van der Waals surface area (Å²) in [5.74, 6) is -3.96. The molecule has 0 aromatic heterocycles. The van der Waals surface area contributed by atoms with Gasteiger partial charge in [0.25, 0.3) is 0 Å². The lowest BCUT2D eigenvalue weighted by Gasteiger charge is -2.76. The second-order valence-electron chi connectivity index (χ2n) is 12.1. The van der Waals surface area contributed by atoms with E-state index in [9.17, 15) is 25.2 Å². The van der Waals surface area contributed by atoms with Crippen LogP contribution in [0.5, 0.6) is 0 Å². The van der Waals surface area contributed by atoms with E-state index in [4.69, 9.17) is 9.47 Å². The van der Waals surface area contributed by atoms with E-state index in [0.29, 0.717) is 38.2 Å². The van der Waals surface area contributed by atoms with Crippen molar-refractivity contribution in [2.45, 2.75) is 90.2 Å². The molecule has 4 N–H and O–H groups in total. The number of fused-ring (bicyclic) bond motifs is 2. The highest BCUT2D eigenvalue weighted by atomic mass is 16.8. The fraction of sp³-hybridized carbons (Fsp3) is 0.880. The molecule has 0 unspecified atom stereocenters. The maximum Gasteiger partial charge on any atom is 0.211 e. The highest BCUT2D eigenvalue weighted by Gasteiger charge is 2.89. The first kappa shape index (κ1) is 22.9. The molecule has 4 aliphatic carbocycles. The lowest BCUT2D eigenvalue weighted by molar-refractivity contribution is -0.511. The van der Waals surface area contributed by atoms with Gasteiger partial charge in [-0.15, -0.1) is 0 Å². The van der Waals surface area contributed by atoms with Crippen LogP contribution in [0.3, 0.4) is 0 Å². The molecular formula is C25H38O7. The number of carbonyl (C=O) groups is 1. The highest BCUT2D eigenvalue weighted by Crippen LogP contribution is 2.78. The summed E-state index contributed by atoms with van der Waals surface area (Å²) >= 11 is 0. The molecule has 2 heterocycles. The van der Waals surface area contributed by atoms with E-state index in [-0.39, 0.29) is 5.57 Å². The minimum absolute atomic E-state index is 0.284. The van der Waals surface area contributed by atoms with Gasteiger partial charge in [0.05, 0.1) is 24.2 Å². The molecule has 7 heteroatoms. The maximum absolute atomic E-state index is 13.7. The lowest BCUT2D eigenvalue weighted by Crippen LogP contribution is -2.88. The van der Waals surface area contributed by atoms with Crippen LogP contribution in [0.2, 0.25) is 0 Å². The van der Waals surface area contributed by atoms with Crippen molar-refractivity contribution in [2.75, 3.05) is 6.61 Å². The third kappa shape index (κ3) is 2.31. The summed E-state index contributed by atoms with van der Waals surface area (Å²) in [6.45, 7) is 12.6. The zero-order valence-electron chi connectivity index (χ0n) is 19.6.